The summed E-state index contributed by atoms with van der Waals surface area (Å²) >= 11 is 0. The summed E-state index contributed by atoms with van der Waals surface area (Å²) in [4.78, 5) is 10.8. The minimum atomic E-state index is -0.808. The summed E-state index contributed by atoms with van der Waals surface area (Å²) in [6.07, 6.45) is -0.808. The van der Waals surface area contributed by atoms with Gasteiger partial charge in [-0.15, -0.1) is 0 Å². The molecule has 0 aromatic heterocycles. The van der Waals surface area contributed by atoms with Crippen molar-refractivity contribution in [3.05, 3.63) is 0 Å². The lowest BCUT2D eigenvalue weighted by molar-refractivity contribution is -0.136. The number of hydrogen-bond donors (Lipinski definition) is 1. The molecule has 0 saturated carbocycles. The molecule has 0 aliphatic rings. The van der Waals surface area contributed by atoms with Gasteiger partial charge in [-0.25, -0.2) is 4.79 Å². The fourth-order valence-electron chi connectivity index (χ4n) is 0.511. The van der Waals surface area contributed by atoms with Crippen molar-refractivity contribution in [2.24, 2.45) is 5.41 Å². The molecular formula is C10H16O3. The third-order valence-electron chi connectivity index (χ3n) is 1.41. The smallest absolute Gasteiger partial charge is 0.384 e. The second-order valence-electron chi connectivity index (χ2n) is 3.76. The number of carbonyl (C=O) groups excluding carboxylic acids is 1. The number of hydrogen-bond acceptors (Lipinski definition) is 3. The van der Waals surface area contributed by atoms with Crippen LogP contribution in [0.4, 0.5) is 0 Å². The minimum Gasteiger partial charge on any atom is -0.456 e. The molecule has 74 valence electrons. The van der Waals surface area contributed by atoms with Crippen molar-refractivity contribution in [1.82, 2.24) is 0 Å². The zero-order valence-electron chi connectivity index (χ0n) is 8.55. The molecule has 0 aliphatic carbocycles. The van der Waals surface area contributed by atoms with Crippen molar-refractivity contribution in [2.75, 3.05) is 6.61 Å². The first-order valence-corrected chi connectivity index (χ1v) is 4.24. The Hall–Kier alpha value is -1.01. The number of aliphatic hydroxyl groups is 1. The van der Waals surface area contributed by atoms with E-state index in [9.17, 15) is 9.90 Å². The van der Waals surface area contributed by atoms with Crippen molar-refractivity contribution in [1.29, 1.82) is 0 Å². The average molecular weight is 184 g/mol. The van der Waals surface area contributed by atoms with Crippen LogP contribution in [0, 0.1) is 17.3 Å². The van der Waals surface area contributed by atoms with E-state index in [4.69, 9.17) is 0 Å². The topological polar surface area (TPSA) is 46.5 Å². The fraction of sp³-hybridized carbons (Fsp3) is 0.700. The van der Waals surface area contributed by atoms with Crippen LogP contribution < -0.4 is 0 Å². The summed E-state index contributed by atoms with van der Waals surface area (Å²) in [5, 5.41) is 9.42. The van der Waals surface area contributed by atoms with Gasteiger partial charge in [0.1, 0.15) is 6.10 Å². The standard InChI is InChI=1S/C10H16O3/c1-5-13-9(12)7-6-8(11)10(2,3)4/h8,11H,5H2,1-4H3/t8-/m0/s1. The minimum absolute atomic E-state index is 0.305. The maximum absolute atomic E-state index is 10.8. The van der Waals surface area contributed by atoms with Gasteiger partial charge in [-0.05, 0) is 12.3 Å². The molecule has 0 spiro atoms. The zero-order chi connectivity index (χ0) is 10.5. The average Bonchev–Trinajstić information content (AvgIpc) is 1.99. The molecule has 0 bridgehead atoms. The summed E-state index contributed by atoms with van der Waals surface area (Å²) in [6, 6.07) is 0. The molecule has 0 radical (unpaired) electrons. The Bertz CT molecular complexity index is 227. The van der Waals surface area contributed by atoms with Gasteiger partial charge in [0, 0.05) is 5.92 Å². The van der Waals surface area contributed by atoms with Crippen molar-refractivity contribution in [2.45, 2.75) is 33.8 Å². The van der Waals surface area contributed by atoms with Crippen LogP contribution in [0.1, 0.15) is 27.7 Å². The predicted octanol–water partition coefficient (Wildman–Crippen LogP) is 0.960. The van der Waals surface area contributed by atoms with E-state index in [0.29, 0.717) is 6.61 Å². The highest BCUT2D eigenvalue weighted by Crippen LogP contribution is 2.17. The Morgan fingerprint density at radius 1 is 1.54 bits per heavy atom. The molecule has 0 saturated heterocycles. The van der Waals surface area contributed by atoms with E-state index in [2.05, 4.69) is 16.6 Å². The molecule has 3 nitrogen and oxygen atoms in total. The molecule has 0 aromatic carbocycles. The Morgan fingerprint density at radius 3 is 2.46 bits per heavy atom. The number of carbonyl (C=O) groups is 1. The van der Waals surface area contributed by atoms with E-state index >= 15 is 0 Å². The van der Waals surface area contributed by atoms with Gasteiger partial charge in [-0.3, -0.25) is 0 Å². The SMILES string of the molecule is CCOC(=O)C#C[C@H](O)C(C)(C)C. The van der Waals surface area contributed by atoms with Gasteiger partial charge in [-0.2, -0.15) is 0 Å². The number of ether oxygens (including phenoxy) is 1. The van der Waals surface area contributed by atoms with Gasteiger partial charge in [0.2, 0.25) is 0 Å². The second kappa shape index (κ2) is 4.88. The lowest BCUT2D eigenvalue weighted by atomic mass is 9.90. The quantitative estimate of drug-likeness (QED) is 0.375. The van der Waals surface area contributed by atoms with Crippen LogP contribution in [0.25, 0.3) is 0 Å². The first kappa shape index (κ1) is 12.0. The molecule has 0 amide bonds. The van der Waals surface area contributed by atoms with Gasteiger partial charge in [-0.1, -0.05) is 26.7 Å². The molecule has 0 aromatic rings. The van der Waals surface area contributed by atoms with Crippen molar-refractivity contribution < 1.29 is 14.6 Å². The van der Waals surface area contributed by atoms with Crippen LogP contribution in [0.15, 0.2) is 0 Å². The lowest BCUT2D eigenvalue weighted by Crippen LogP contribution is -2.24. The van der Waals surface area contributed by atoms with Crippen LogP contribution in [0.3, 0.4) is 0 Å². The largest absolute Gasteiger partial charge is 0.456 e. The Kier molecular flexibility index (Phi) is 4.50. The van der Waals surface area contributed by atoms with Crippen LogP contribution in [-0.4, -0.2) is 23.8 Å². The van der Waals surface area contributed by atoms with Gasteiger partial charge in [0.05, 0.1) is 6.61 Å². The summed E-state index contributed by atoms with van der Waals surface area (Å²) in [7, 11) is 0. The highest BCUT2D eigenvalue weighted by Gasteiger charge is 2.19. The van der Waals surface area contributed by atoms with E-state index in [1.807, 2.05) is 20.8 Å². The summed E-state index contributed by atoms with van der Waals surface area (Å²) in [5.74, 6) is 4.08. The maximum atomic E-state index is 10.8. The summed E-state index contributed by atoms with van der Waals surface area (Å²) in [6.45, 7) is 7.55. The van der Waals surface area contributed by atoms with E-state index in [-0.39, 0.29) is 5.41 Å². The predicted molar refractivity (Wildman–Crippen MR) is 49.9 cm³/mol. The monoisotopic (exact) mass is 184 g/mol. The molecule has 0 fully saturated rings. The summed E-state index contributed by atoms with van der Waals surface area (Å²) < 4.78 is 4.58. The van der Waals surface area contributed by atoms with Crippen LogP contribution in [0.5, 0.6) is 0 Å². The third kappa shape index (κ3) is 5.26. The van der Waals surface area contributed by atoms with E-state index < -0.39 is 12.1 Å². The van der Waals surface area contributed by atoms with Crippen molar-refractivity contribution in [3.8, 4) is 11.8 Å². The van der Waals surface area contributed by atoms with E-state index in [0.717, 1.165) is 0 Å². The fourth-order valence-corrected chi connectivity index (χ4v) is 0.511. The van der Waals surface area contributed by atoms with Crippen molar-refractivity contribution in [3.63, 3.8) is 0 Å². The zero-order valence-corrected chi connectivity index (χ0v) is 8.55. The maximum Gasteiger partial charge on any atom is 0.384 e. The molecule has 0 aliphatic heterocycles. The van der Waals surface area contributed by atoms with E-state index in [1.165, 1.54) is 0 Å². The van der Waals surface area contributed by atoms with Crippen LogP contribution in [-0.2, 0) is 9.53 Å². The van der Waals surface area contributed by atoms with Gasteiger partial charge in [0.15, 0.2) is 0 Å². The Morgan fingerprint density at radius 2 is 2.08 bits per heavy atom. The van der Waals surface area contributed by atoms with Crippen molar-refractivity contribution >= 4 is 5.97 Å². The molecule has 0 unspecified atom stereocenters. The molecule has 1 N–H and O–H groups in total. The number of rotatable bonds is 1. The van der Waals surface area contributed by atoms with Crippen LogP contribution in [0.2, 0.25) is 0 Å². The molecule has 13 heavy (non-hydrogen) atoms. The Labute approximate surface area is 79.1 Å². The van der Waals surface area contributed by atoms with Gasteiger partial charge >= 0.3 is 5.97 Å². The molecular weight excluding hydrogens is 168 g/mol. The first-order valence-electron chi connectivity index (χ1n) is 4.24. The third-order valence-corrected chi connectivity index (χ3v) is 1.41. The van der Waals surface area contributed by atoms with Gasteiger partial charge < -0.3 is 9.84 Å². The highest BCUT2D eigenvalue weighted by molar-refractivity contribution is 5.88. The highest BCUT2D eigenvalue weighted by atomic mass is 16.5. The molecule has 0 rings (SSSR count). The normalized spacial score (nSPS) is 12.7. The Balaban J connectivity index is 4.18. The van der Waals surface area contributed by atoms with E-state index in [1.54, 1.807) is 6.92 Å². The molecule has 1 atom stereocenters. The molecule has 3 heteroatoms. The number of esters is 1. The van der Waals surface area contributed by atoms with Crippen LogP contribution >= 0.6 is 0 Å². The lowest BCUT2D eigenvalue weighted by Gasteiger charge is -2.20. The molecule has 0 heterocycles. The van der Waals surface area contributed by atoms with Gasteiger partial charge in [0.25, 0.3) is 0 Å². The second-order valence-corrected chi connectivity index (χ2v) is 3.76. The summed E-state index contributed by atoms with van der Waals surface area (Å²) in [5.41, 5.74) is -0.334. The first-order chi connectivity index (χ1) is 5.88. The number of aliphatic hydroxyl groups excluding tert-OH is 1.